The maximum Gasteiger partial charge on any atom is 0.343 e. The first-order valence-corrected chi connectivity index (χ1v) is 17.6. The van der Waals surface area contributed by atoms with E-state index in [9.17, 15) is 30.0 Å². The number of benzene rings is 4. The second-order valence-corrected chi connectivity index (χ2v) is 13.9. The fourth-order valence-electron chi connectivity index (χ4n) is 6.56. The molecule has 1 saturated heterocycles. The Labute approximate surface area is 309 Å². The monoisotopic (exact) mass is 845 g/mol. The van der Waals surface area contributed by atoms with Crippen molar-refractivity contribution in [1.82, 2.24) is 5.32 Å². The van der Waals surface area contributed by atoms with Crippen LogP contribution < -0.4 is 19.5 Å². The first-order chi connectivity index (χ1) is 24.5. The molecule has 4 aromatic carbocycles. The molecule has 3 aliphatic rings. The zero-order chi connectivity index (χ0) is 36.2. The predicted molar refractivity (Wildman–Crippen MR) is 189 cm³/mol. The van der Waals surface area contributed by atoms with Crippen molar-refractivity contribution in [2.24, 2.45) is 0 Å². The van der Waals surface area contributed by atoms with E-state index < -0.39 is 54.7 Å². The van der Waals surface area contributed by atoms with Crippen LogP contribution in [0.3, 0.4) is 0 Å². The zero-order valence-corrected chi connectivity index (χ0v) is 30.9. The minimum Gasteiger partial charge on any atom is -0.507 e. The number of halogens is 2. The molecule has 2 unspecified atom stereocenters. The predicted octanol–water partition coefficient (Wildman–Crippen LogP) is 4.91. The van der Waals surface area contributed by atoms with Crippen molar-refractivity contribution < 1.29 is 58.2 Å². The first-order valence-electron chi connectivity index (χ1n) is 15.5. The highest BCUT2D eigenvalue weighted by Crippen LogP contribution is 2.61. The smallest absolute Gasteiger partial charge is 0.343 e. The fourth-order valence-corrected chi connectivity index (χ4v) is 7.69. The molecular formula is C35H30Br2NO12P. The highest BCUT2D eigenvalue weighted by molar-refractivity contribution is 9.11. The summed E-state index contributed by atoms with van der Waals surface area (Å²) in [6, 6.07) is 17.3. The van der Waals surface area contributed by atoms with Crippen molar-refractivity contribution in [3.05, 3.63) is 103 Å². The molecule has 0 aromatic heterocycles. The van der Waals surface area contributed by atoms with Crippen LogP contribution in [0.15, 0.2) is 75.7 Å². The molecule has 1 spiro atoms. The summed E-state index contributed by atoms with van der Waals surface area (Å²) >= 11 is 7.08. The molecule has 7 atom stereocenters. The molecular weight excluding hydrogens is 817 g/mol. The zero-order valence-electron chi connectivity index (χ0n) is 26.5. The lowest BCUT2D eigenvalue weighted by Gasteiger charge is -2.42. The first kappa shape index (κ1) is 35.6. The Morgan fingerprint density at radius 2 is 1.69 bits per heavy atom. The van der Waals surface area contributed by atoms with Crippen LogP contribution in [0.1, 0.15) is 39.5 Å². The van der Waals surface area contributed by atoms with E-state index in [1.54, 1.807) is 36.4 Å². The van der Waals surface area contributed by atoms with Crippen molar-refractivity contribution in [1.29, 1.82) is 0 Å². The summed E-state index contributed by atoms with van der Waals surface area (Å²) in [7, 11) is 2.21. The second kappa shape index (κ2) is 14.0. The number of aliphatic hydroxyl groups is 3. The van der Waals surface area contributed by atoms with E-state index in [-0.39, 0.29) is 33.0 Å². The SMILES string of the molecule is CC(=O)N[C@H]1[C@H](Oc2cccc3c2C(=O)OC32c3ccc(O)c(Br)c3Oc3c2ccc(Oc2cccc(COP)c2)c3Br)O[C@H](CO)[C@@H](O)[C@@H]1O. The second-order valence-electron chi connectivity index (χ2n) is 12.0. The van der Waals surface area contributed by atoms with Crippen molar-refractivity contribution in [2.75, 3.05) is 6.61 Å². The van der Waals surface area contributed by atoms with Gasteiger partial charge in [0.25, 0.3) is 0 Å². The topological polar surface area (TPSA) is 182 Å². The van der Waals surface area contributed by atoms with E-state index in [2.05, 4.69) is 46.6 Å². The third-order valence-corrected chi connectivity index (χ3v) is 10.5. The van der Waals surface area contributed by atoms with Gasteiger partial charge in [-0.05, 0) is 79.9 Å². The van der Waals surface area contributed by atoms with Crippen LogP contribution in [0.4, 0.5) is 0 Å². The number of carbonyl (C=O) groups is 2. The molecule has 5 N–H and O–H groups in total. The Morgan fingerprint density at radius 3 is 2.41 bits per heavy atom. The summed E-state index contributed by atoms with van der Waals surface area (Å²) in [5, 5.41) is 44.3. The Kier molecular flexibility index (Phi) is 9.76. The Morgan fingerprint density at radius 1 is 0.961 bits per heavy atom. The van der Waals surface area contributed by atoms with Crippen molar-refractivity contribution >= 4 is 53.2 Å². The van der Waals surface area contributed by atoms with Gasteiger partial charge in [0.15, 0.2) is 17.1 Å². The maximum absolute atomic E-state index is 14.1. The van der Waals surface area contributed by atoms with Gasteiger partial charge in [0, 0.05) is 33.1 Å². The number of hydrogen-bond donors (Lipinski definition) is 5. The van der Waals surface area contributed by atoms with Crippen molar-refractivity contribution in [3.8, 4) is 34.5 Å². The standard InChI is InChI=1S/C35H30Br2NO12P/c1-15(40)38-28-30(43)29(42)24(13-39)48-34(28)47-22-7-3-6-18-25(22)33(44)50-35(18)19-8-10-21(41)26(36)31(19)49-32-20(35)9-11-23(27(32)37)46-17-5-2-4-16(12-17)14-45-51/h2-12,24,28-30,34,39,41-43H,13-14,51H2,1H3,(H,38,40)/t24-,28-,29-,30-,34-,35?/m1/s1. The minimum atomic E-state index is -1.63. The van der Waals surface area contributed by atoms with Gasteiger partial charge in [0.05, 0.1) is 13.2 Å². The number of nitrogens with one attached hydrogen (secondary N) is 1. The lowest BCUT2D eigenvalue weighted by atomic mass is 9.77. The minimum absolute atomic E-state index is 0.0106. The molecule has 266 valence electrons. The number of hydrogen-bond acceptors (Lipinski definition) is 12. The molecule has 13 nitrogen and oxygen atoms in total. The molecule has 0 radical (unpaired) electrons. The summed E-state index contributed by atoms with van der Waals surface area (Å²) in [5.74, 6) is -0.126. The summed E-state index contributed by atoms with van der Waals surface area (Å²) in [6.07, 6.45) is -5.79. The Hall–Kier alpha value is -3.79. The van der Waals surface area contributed by atoms with Gasteiger partial charge < -0.3 is 54.0 Å². The third kappa shape index (κ3) is 6.05. The Bertz CT molecular complexity index is 2050. The van der Waals surface area contributed by atoms with E-state index in [0.717, 1.165) is 5.56 Å². The van der Waals surface area contributed by atoms with Crippen LogP contribution in [0.25, 0.3) is 0 Å². The van der Waals surface area contributed by atoms with Crippen molar-refractivity contribution in [2.45, 2.75) is 49.8 Å². The molecule has 4 aromatic rings. The number of aliphatic hydroxyl groups excluding tert-OH is 3. The highest BCUT2D eigenvalue weighted by atomic mass is 79.9. The summed E-state index contributed by atoms with van der Waals surface area (Å²) in [5.41, 5.74) is 0.424. The van der Waals surface area contributed by atoms with E-state index in [1.807, 2.05) is 18.2 Å². The number of aromatic hydroxyl groups is 1. The maximum atomic E-state index is 14.1. The molecule has 7 rings (SSSR count). The fraction of sp³-hybridized carbons (Fsp3) is 0.257. The van der Waals surface area contributed by atoms with E-state index >= 15 is 0 Å². The van der Waals surface area contributed by atoms with Gasteiger partial charge in [0.1, 0.15) is 61.9 Å². The van der Waals surface area contributed by atoms with Crippen LogP contribution in [0, 0.1) is 0 Å². The molecule has 16 heteroatoms. The number of esters is 1. The van der Waals surface area contributed by atoms with Gasteiger partial charge in [-0.1, -0.05) is 24.3 Å². The molecule has 0 aliphatic carbocycles. The largest absolute Gasteiger partial charge is 0.507 e. The van der Waals surface area contributed by atoms with Gasteiger partial charge in [0.2, 0.25) is 12.2 Å². The van der Waals surface area contributed by atoms with E-state index in [1.165, 1.54) is 19.1 Å². The summed E-state index contributed by atoms with van der Waals surface area (Å²) in [6.45, 7) is 0.920. The van der Waals surface area contributed by atoms with Gasteiger partial charge in [-0.3, -0.25) is 4.79 Å². The van der Waals surface area contributed by atoms with Gasteiger partial charge >= 0.3 is 5.97 Å². The number of fused-ring (bicyclic) bond motifs is 6. The molecule has 51 heavy (non-hydrogen) atoms. The molecule has 3 heterocycles. The quantitative estimate of drug-likeness (QED) is 0.120. The molecule has 1 fully saturated rings. The lowest BCUT2D eigenvalue weighted by molar-refractivity contribution is -0.244. The molecule has 0 saturated carbocycles. The van der Waals surface area contributed by atoms with E-state index in [4.69, 9.17) is 28.2 Å². The third-order valence-electron chi connectivity index (χ3n) is 8.83. The number of carbonyl (C=O) groups excluding carboxylic acids is 2. The summed E-state index contributed by atoms with van der Waals surface area (Å²) in [4.78, 5) is 26.1. The van der Waals surface area contributed by atoms with Crippen LogP contribution in [0.5, 0.6) is 34.5 Å². The van der Waals surface area contributed by atoms with Gasteiger partial charge in [-0.15, -0.1) is 0 Å². The van der Waals surface area contributed by atoms with Crippen molar-refractivity contribution in [3.63, 3.8) is 0 Å². The number of rotatable bonds is 8. The van der Waals surface area contributed by atoms with Crippen LogP contribution in [-0.4, -0.2) is 69.6 Å². The van der Waals surface area contributed by atoms with Crippen LogP contribution in [0.2, 0.25) is 0 Å². The number of ether oxygens (including phenoxy) is 5. The molecule has 1 amide bonds. The Balaban J connectivity index is 1.36. The van der Waals surface area contributed by atoms with E-state index in [0.29, 0.717) is 39.3 Å². The normalized spacial score (nSPS) is 24.5. The van der Waals surface area contributed by atoms with Gasteiger partial charge in [-0.2, -0.15) is 0 Å². The lowest BCUT2D eigenvalue weighted by Crippen LogP contribution is -2.65. The van der Waals surface area contributed by atoms with Gasteiger partial charge in [-0.25, -0.2) is 4.79 Å². The average Bonchev–Trinajstić information content (AvgIpc) is 3.40. The molecule has 0 bridgehead atoms. The molecule has 3 aliphatic heterocycles. The number of phenolic OH excluding ortho intramolecular Hbond substituents is 1. The number of amides is 1. The van der Waals surface area contributed by atoms with Crippen LogP contribution in [-0.2, 0) is 31.0 Å². The van der Waals surface area contributed by atoms with Crippen LogP contribution >= 0.6 is 41.3 Å². The average molecular weight is 847 g/mol. The summed E-state index contributed by atoms with van der Waals surface area (Å²) < 4.78 is 36.7. The number of phenols is 1. The highest BCUT2D eigenvalue weighted by Gasteiger charge is 2.56.